The third-order valence-electron chi connectivity index (χ3n) is 8.82. The Morgan fingerprint density at radius 1 is 0.707 bits per heavy atom. The first-order chi connectivity index (χ1) is 20.0. The number of hydrogen-bond donors (Lipinski definition) is 2. The van der Waals surface area contributed by atoms with Gasteiger partial charge in [-0.1, -0.05) is 70.1 Å². The molecule has 1 spiro atoms. The van der Waals surface area contributed by atoms with Gasteiger partial charge >= 0.3 is 0 Å². The molecule has 5 rings (SSSR count). The maximum Gasteiger partial charge on any atom is 0.255 e. The Bertz CT molecular complexity index is 1330. The second-order valence-electron chi connectivity index (χ2n) is 11.7. The molecule has 2 aliphatic rings. The van der Waals surface area contributed by atoms with E-state index in [-0.39, 0.29) is 5.91 Å². The van der Waals surface area contributed by atoms with Crippen LogP contribution in [-0.2, 0) is 5.54 Å². The van der Waals surface area contributed by atoms with Gasteiger partial charge in [-0.3, -0.25) is 4.79 Å². The molecule has 218 valence electrons. The summed E-state index contributed by atoms with van der Waals surface area (Å²) >= 11 is 0. The molecule has 41 heavy (non-hydrogen) atoms. The second-order valence-corrected chi connectivity index (χ2v) is 11.7. The van der Waals surface area contributed by atoms with Crippen LogP contribution in [-0.4, -0.2) is 30.4 Å². The zero-order valence-electron chi connectivity index (χ0n) is 25.7. The molecule has 0 saturated carbocycles. The molecule has 0 radical (unpaired) electrons. The van der Waals surface area contributed by atoms with Gasteiger partial charge in [0.1, 0.15) is 17.0 Å². The van der Waals surface area contributed by atoms with Crippen molar-refractivity contribution in [2.45, 2.75) is 91.5 Å². The largest absolute Gasteiger partial charge is 0.456 e. The highest BCUT2D eigenvalue weighted by atomic mass is 16.5. The minimum Gasteiger partial charge on any atom is -0.456 e. The number of ether oxygens (including phenoxy) is 1. The van der Waals surface area contributed by atoms with Crippen molar-refractivity contribution in [3.8, 4) is 11.5 Å². The lowest BCUT2D eigenvalue weighted by Crippen LogP contribution is -2.47. The van der Waals surface area contributed by atoms with Gasteiger partial charge in [0.25, 0.3) is 5.91 Å². The van der Waals surface area contributed by atoms with E-state index in [1.165, 1.54) is 38.5 Å². The lowest BCUT2D eigenvalue weighted by Gasteiger charge is -2.45. The molecule has 1 amide bonds. The Morgan fingerprint density at radius 3 is 1.80 bits per heavy atom. The van der Waals surface area contributed by atoms with Gasteiger partial charge in [-0.15, -0.1) is 0 Å². The highest BCUT2D eigenvalue weighted by Crippen LogP contribution is 2.58. The number of carbonyl (C=O) groups is 1. The first-order valence-electron chi connectivity index (χ1n) is 15.8. The fourth-order valence-electron chi connectivity index (χ4n) is 6.82. The number of carbonyl (C=O) groups excluding carboxylic acids is 1. The summed E-state index contributed by atoms with van der Waals surface area (Å²) in [6, 6.07) is 17.0. The van der Waals surface area contributed by atoms with Crippen molar-refractivity contribution in [3.05, 3.63) is 81.9 Å². The van der Waals surface area contributed by atoms with Gasteiger partial charge in [0.15, 0.2) is 0 Å². The molecule has 0 fully saturated rings. The fourth-order valence-corrected chi connectivity index (χ4v) is 6.82. The highest BCUT2D eigenvalue weighted by molar-refractivity contribution is 6.02. The van der Waals surface area contributed by atoms with Crippen LogP contribution >= 0.6 is 0 Å². The summed E-state index contributed by atoms with van der Waals surface area (Å²) in [6.45, 7) is 13.1. The second kappa shape index (κ2) is 12.6. The van der Waals surface area contributed by atoms with Crippen molar-refractivity contribution in [2.24, 2.45) is 0 Å². The van der Waals surface area contributed by atoms with Crippen LogP contribution in [0.4, 0.5) is 11.4 Å². The lowest BCUT2D eigenvalue weighted by atomic mass is 9.73. The Kier molecular flexibility index (Phi) is 8.91. The molecule has 0 aromatic heterocycles. The van der Waals surface area contributed by atoms with E-state index in [1.807, 2.05) is 12.1 Å². The normalized spacial score (nSPS) is 14.5. The predicted octanol–water partition coefficient (Wildman–Crippen LogP) is 9.16. The van der Waals surface area contributed by atoms with Crippen LogP contribution < -0.4 is 15.4 Å². The van der Waals surface area contributed by atoms with Crippen molar-refractivity contribution in [3.63, 3.8) is 0 Å². The number of nitrogens with zero attached hydrogens (tertiary/aromatic N) is 1. The fraction of sp³-hybridized carbons (Fsp3) is 0.472. The van der Waals surface area contributed by atoms with Crippen LogP contribution in [0.25, 0.3) is 0 Å². The number of hydrogen-bond acceptors (Lipinski definition) is 4. The van der Waals surface area contributed by atoms with Crippen LogP contribution in [0.1, 0.15) is 110 Å². The van der Waals surface area contributed by atoms with E-state index in [2.05, 4.69) is 86.6 Å². The Labute approximate surface area is 246 Å². The molecule has 0 atom stereocenters. The summed E-state index contributed by atoms with van der Waals surface area (Å²) in [6.07, 6.45) is 9.86. The Balaban J connectivity index is 1.63. The number of anilines is 2. The van der Waals surface area contributed by atoms with Gasteiger partial charge < -0.3 is 20.3 Å². The number of rotatable bonds is 13. The number of unbranched alkanes of at least 4 members (excludes halogenated alkanes) is 7. The van der Waals surface area contributed by atoms with Crippen molar-refractivity contribution < 1.29 is 9.53 Å². The lowest BCUT2D eigenvalue weighted by molar-refractivity contribution is 0.0660. The average Bonchev–Trinajstić information content (AvgIpc) is 3.21. The Hall–Kier alpha value is -3.47. The van der Waals surface area contributed by atoms with Crippen LogP contribution in [0.3, 0.4) is 0 Å². The molecule has 3 aromatic carbocycles. The molecular formula is C36H47N3O2. The number of nitrogens with one attached hydrogen (secondary N) is 2. The van der Waals surface area contributed by atoms with Gasteiger partial charge in [0.05, 0.1) is 0 Å². The van der Waals surface area contributed by atoms with E-state index in [1.54, 1.807) is 0 Å². The predicted molar refractivity (Wildman–Crippen MR) is 171 cm³/mol. The first-order valence-corrected chi connectivity index (χ1v) is 15.8. The third-order valence-corrected chi connectivity index (χ3v) is 8.82. The summed E-state index contributed by atoms with van der Waals surface area (Å²) in [7, 11) is 0. The molecule has 5 nitrogen and oxygen atoms in total. The summed E-state index contributed by atoms with van der Waals surface area (Å²) < 4.78 is 6.72. The molecule has 2 heterocycles. The topological polar surface area (TPSA) is 53.6 Å². The summed E-state index contributed by atoms with van der Waals surface area (Å²) in [4.78, 5) is 16.5. The minimum atomic E-state index is -0.733. The van der Waals surface area contributed by atoms with E-state index in [4.69, 9.17) is 4.74 Å². The van der Waals surface area contributed by atoms with Crippen molar-refractivity contribution in [1.82, 2.24) is 4.90 Å². The maximum absolute atomic E-state index is 14.3. The molecule has 0 bridgehead atoms. The maximum atomic E-state index is 14.3. The minimum absolute atomic E-state index is 0.115. The van der Waals surface area contributed by atoms with Gasteiger partial charge in [0, 0.05) is 59.8 Å². The van der Waals surface area contributed by atoms with Crippen LogP contribution in [0.2, 0.25) is 0 Å². The zero-order chi connectivity index (χ0) is 29.0. The van der Waals surface area contributed by atoms with Crippen molar-refractivity contribution in [1.29, 1.82) is 0 Å². The molecule has 0 saturated heterocycles. The number of benzene rings is 3. The summed E-state index contributed by atoms with van der Waals surface area (Å²) in [5.74, 6) is 1.75. The van der Waals surface area contributed by atoms with E-state index in [9.17, 15) is 4.79 Å². The number of fused-ring (bicyclic) bond motifs is 6. The standard InChI is InChI=1S/C36H47N3O2/c1-6-9-10-11-12-13-14-17-20-39-35(40)27-18-15-16-19-28(27)36(39)29-21-25(4)31(37-7-2)23-33(29)41-34-24-32(38-8-3)26(5)22-30(34)36/h15-16,18-19,21-24,37-38H,6-14,17,20H2,1-5H3. The quantitative estimate of drug-likeness (QED) is 0.207. The van der Waals surface area contributed by atoms with Gasteiger partial charge in [-0.05, 0) is 69.0 Å². The number of aryl methyl sites for hydroxylation is 2. The average molecular weight is 554 g/mol. The molecule has 3 aromatic rings. The van der Waals surface area contributed by atoms with E-state index in [0.717, 1.165) is 82.2 Å². The number of amides is 1. The molecule has 2 aliphatic heterocycles. The van der Waals surface area contributed by atoms with E-state index in [0.29, 0.717) is 6.54 Å². The van der Waals surface area contributed by atoms with E-state index >= 15 is 0 Å². The zero-order valence-corrected chi connectivity index (χ0v) is 25.7. The molecule has 0 unspecified atom stereocenters. The molecule has 2 N–H and O–H groups in total. The first kappa shape index (κ1) is 29.0. The van der Waals surface area contributed by atoms with Gasteiger partial charge in [0.2, 0.25) is 0 Å². The molecule has 0 aliphatic carbocycles. The molecular weight excluding hydrogens is 506 g/mol. The monoisotopic (exact) mass is 553 g/mol. The van der Waals surface area contributed by atoms with Gasteiger partial charge in [-0.2, -0.15) is 0 Å². The molecule has 5 heteroatoms. The Morgan fingerprint density at radius 2 is 1.24 bits per heavy atom. The van der Waals surface area contributed by atoms with Crippen LogP contribution in [0.15, 0.2) is 48.5 Å². The van der Waals surface area contributed by atoms with Gasteiger partial charge in [-0.25, -0.2) is 0 Å². The van der Waals surface area contributed by atoms with Crippen molar-refractivity contribution in [2.75, 3.05) is 30.3 Å². The third kappa shape index (κ3) is 5.20. The summed E-state index contributed by atoms with van der Waals surface area (Å²) in [5.41, 5.74) is 7.67. The smallest absolute Gasteiger partial charge is 0.255 e. The van der Waals surface area contributed by atoms with Crippen molar-refractivity contribution >= 4 is 17.3 Å². The highest BCUT2D eigenvalue weighted by Gasteiger charge is 2.56. The van der Waals surface area contributed by atoms with E-state index < -0.39 is 5.54 Å². The summed E-state index contributed by atoms with van der Waals surface area (Å²) in [5, 5.41) is 7.00. The van der Waals surface area contributed by atoms with Crippen LogP contribution in [0.5, 0.6) is 11.5 Å². The van der Waals surface area contributed by atoms with Crippen LogP contribution in [0, 0.1) is 13.8 Å². The SMILES string of the molecule is CCCCCCCCCCN1C(=O)c2ccccc2C12c1cc(C)c(NCC)cc1Oc1cc(NCC)c(C)cc12.